The lowest BCUT2D eigenvalue weighted by molar-refractivity contribution is -0.115. The maximum Gasteiger partial charge on any atom is 0.238 e. The fourth-order valence-corrected chi connectivity index (χ4v) is 1.57. The first-order valence-corrected chi connectivity index (χ1v) is 6.17. The molecule has 5 nitrogen and oxygen atoms in total. The number of aromatic nitrogens is 2. The van der Waals surface area contributed by atoms with Gasteiger partial charge >= 0.3 is 0 Å². The van der Waals surface area contributed by atoms with Crippen LogP contribution in [0, 0.1) is 0 Å². The molecular formula is C14H16N4O. The van der Waals surface area contributed by atoms with Gasteiger partial charge < -0.3 is 10.6 Å². The molecule has 1 heterocycles. The third kappa shape index (κ3) is 3.86. The Morgan fingerprint density at radius 1 is 1.16 bits per heavy atom. The Kier molecular flexibility index (Phi) is 4.58. The molecule has 0 fully saturated rings. The van der Waals surface area contributed by atoms with Gasteiger partial charge in [-0.25, -0.2) is 9.97 Å². The average molecular weight is 256 g/mol. The molecule has 2 N–H and O–H groups in total. The number of anilines is 1. The van der Waals surface area contributed by atoms with Crippen LogP contribution >= 0.6 is 0 Å². The molecule has 0 aliphatic heterocycles. The molecule has 2 aromatic rings. The molecule has 0 saturated heterocycles. The lowest BCUT2D eigenvalue weighted by Gasteiger charge is -2.05. The summed E-state index contributed by atoms with van der Waals surface area (Å²) in [5.41, 5.74) is 1.55. The number of hydrogen-bond acceptors (Lipinski definition) is 4. The summed E-state index contributed by atoms with van der Waals surface area (Å²) in [4.78, 5) is 20.0. The number of nitrogens with one attached hydrogen (secondary N) is 2. The SMILES string of the molecule is CCNCC(=O)Nc1cnc(-c2ccccc2)nc1. The Morgan fingerprint density at radius 2 is 1.84 bits per heavy atom. The topological polar surface area (TPSA) is 66.9 Å². The van der Waals surface area contributed by atoms with Crippen LogP contribution in [0.5, 0.6) is 0 Å². The Bertz CT molecular complexity index is 525. The largest absolute Gasteiger partial charge is 0.322 e. The highest BCUT2D eigenvalue weighted by Crippen LogP contribution is 2.14. The van der Waals surface area contributed by atoms with E-state index in [9.17, 15) is 4.79 Å². The summed E-state index contributed by atoms with van der Waals surface area (Å²) in [6, 6.07) is 9.70. The molecule has 0 saturated carbocycles. The van der Waals surface area contributed by atoms with Crippen LogP contribution in [0.25, 0.3) is 11.4 Å². The molecule has 0 aliphatic rings. The van der Waals surface area contributed by atoms with Gasteiger partial charge in [0.05, 0.1) is 24.6 Å². The third-order valence-electron chi connectivity index (χ3n) is 2.50. The molecule has 98 valence electrons. The highest BCUT2D eigenvalue weighted by atomic mass is 16.1. The predicted octanol–water partition coefficient (Wildman–Crippen LogP) is 1.69. The van der Waals surface area contributed by atoms with Crippen molar-refractivity contribution < 1.29 is 4.79 Å². The van der Waals surface area contributed by atoms with E-state index in [1.54, 1.807) is 12.4 Å². The molecule has 1 aromatic carbocycles. The first kappa shape index (κ1) is 13.2. The number of carbonyl (C=O) groups is 1. The van der Waals surface area contributed by atoms with Crippen molar-refractivity contribution >= 4 is 11.6 Å². The van der Waals surface area contributed by atoms with Crippen molar-refractivity contribution in [2.75, 3.05) is 18.4 Å². The van der Waals surface area contributed by atoms with Gasteiger partial charge in [0, 0.05) is 5.56 Å². The molecule has 2 rings (SSSR count). The predicted molar refractivity (Wildman–Crippen MR) is 74.6 cm³/mol. The Hall–Kier alpha value is -2.27. The van der Waals surface area contributed by atoms with Gasteiger partial charge in [0.1, 0.15) is 0 Å². The number of hydrogen-bond donors (Lipinski definition) is 2. The average Bonchev–Trinajstić information content (AvgIpc) is 2.47. The minimum absolute atomic E-state index is 0.0992. The Balaban J connectivity index is 2.01. The van der Waals surface area contributed by atoms with Gasteiger partial charge in [-0.15, -0.1) is 0 Å². The number of likely N-dealkylation sites (N-methyl/N-ethyl adjacent to an activating group) is 1. The molecule has 1 amide bonds. The van der Waals surface area contributed by atoms with E-state index in [0.29, 0.717) is 11.5 Å². The van der Waals surface area contributed by atoms with E-state index < -0.39 is 0 Å². The molecule has 0 radical (unpaired) electrons. The van der Waals surface area contributed by atoms with E-state index in [4.69, 9.17) is 0 Å². The van der Waals surface area contributed by atoms with E-state index in [2.05, 4.69) is 20.6 Å². The van der Waals surface area contributed by atoms with Crippen molar-refractivity contribution in [1.82, 2.24) is 15.3 Å². The van der Waals surface area contributed by atoms with E-state index in [1.165, 1.54) is 0 Å². The van der Waals surface area contributed by atoms with Crippen molar-refractivity contribution in [1.29, 1.82) is 0 Å². The number of amides is 1. The smallest absolute Gasteiger partial charge is 0.238 e. The van der Waals surface area contributed by atoms with Gasteiger partial charge in [0.15, 0.2) is 5.82 Å². The van der Waals surface area contributed by atoms with Crippen LogP contribution in [0.1, 0.15) is 6.92 Å². The molecule has 19 heavy (non-hydrogen) atoms. The van der Waals surface area contributed by atoms with E-state index in [0.717, 1.165) is 12.1 Å². The normalized spacial score (nSPS) is 10.2. The second-order valence-electron chi connectivity index (χ2n) is 3.99. The van der Waals surface area contributed by atoms with Crippen molar-refractivity contribution in [2.45, 2.75) is 6.92 Å². The second-order valence-corrected chi connectivity index (χ2v) is 3.99. The second kappa shape index (κ2) is 6.61. The number of nitrogens with zero attached hydrogens (tertiary/aromatic N) is 2. The molecule has 0 spiro atoms. The van der Waals surface area contributed by atoms with E-state index >= 15 is 0 Å². The van der Waals surface area contributed by atoms with Gasteiger partial charge in [-0.2, -0.15) is 0 Å². The summed E-state index contributed by atoms with van der Waals surface area (Å²) in [6.45, 7) is 3.00. The first-order valence-electron chi connectivity index (χ1n) is 6.17. The molecule has 0 unspecified atom stereocenters. The van der Waals surface area contributed by atoms with E-state index in [-0.39, 0.29) is 12.5 Å². The van der Waals surface area contributed by atoms with Crippen molar-refractivity contribution in [3.8, 4) is 11.4 Å². The van der Waals surface area contributed by atoms with Crippen LogP contribution in [0.2, 0.25) is 0 Å². The molecule has 0 atom stereocenters. The minimum atomic E-state index is -0.0992. The molecule has 5 heteroatoms. The van der Waals surface area contributed by atoms with E-state index in [1.807, 2.05) is 37.3 Å². The van der Waals surface area contributed by atoms with Crippen LogP contribution in [-0.4, -0.2) is 29.0 Å². The van der Waals surface area contributed by atoms with Gasteiger partial charge in [0.25, 0.3) is 0 Å². The zero-order valence-corrected chi connectivity index (χ0v) is 10.8. The molecular weight excluding hydrogens is 240 g/mol. The number of benzene rings is 1. The fraction of sp³-hybridized carbons (Fsp3) is 0.214. The Morgan fingerprint density at radius 3 is 2.47 bits per heavy atom. The maximum absolute atomic E-state index is 11.5. The van der Waals surface area contributed by atoms with Crippen LogP contribution < -0.4 is 10.6 Å². The number of rotatable bonds is 5. The molecule has 0 bridgehead atoms. The first-order chi connectivity index (χ1) is 9.29. The van der Waals surface area contributed by atoms with Crippen molar-refractivity contribution in [2.24, 2.45) is 0 Å². The van der Waals surface area contributed by atoms with Crippen molar-refractivity contribution in [3.05, 3.63) is 42.7 Å². The fourth-order valence-electron chi connectivity index (χ4n) is 1.57. The maximum atomic E-state index is 11.5. The zero-order valence-electron chi connectivity index (χ0n) is 10.8. The Labute approximate surface area is 112 Å². The highest BCUT2D eigenvalue weighted by molar-refractivity contribution is 5.91. The van der Waals surface area contributed by atoms with Gasteiger partial charge in [-0.05, 0) is 6.54 Å². The lowest BCUT2D eigenvalue weighted by Crippen LogP contribution is -2.27. The summed E-state index contributed by atoms with van der Waals surface area (Å²) in [5.74, 6) is 0.545. The van der Waals surface area contributed by atoms with Crippen LogP contribution in [0.4, 0.5) is 5.69 Å². The summed E-state index contributed by atoms with van der Waals surface area (Å²) < 4.78 is 0. The number of carbonyl (C=O) groups excluding carboxylic acids is 1. The highest BCUT2D eigenvalue weighted by Gasteiger charge is 2.03. The van der Waals surface area contributed by atoms with Crippen LogP contribution in [0.3, 0.4) is 0 Å². The monoisotopic (exact) mass is 256 g/mol. The van der Waals surface area contributed by atoms with Gasteiger partial charge in [0.2, 0.25) is 5.91 Å². The minimum Gasteiger partial charge on any atom is -0.322 e. The van der Waals surface area contributed by atoms with Gasteiger partial charge in [-0.3, -0.25) is 4.79 Å². The molecule has 0 aliphatic carbocycles. The van der Waals surface area contributed by atoms with Crippen LogP contribution in [0.15, 0.2) is 42.7 Å². The molecule has 1 aromatic heterocycles. The summed E-state index contributed by atoms with van der Waals surface area (Å²) in [7, 11) is 0. The van der Waals surface area contributed by atoms with Crippen LogP contribution in [-0.2, 0) is 4.79 Å². The lowest BCUT2D eigenvalue weighted by atomic mass is 10.2. The quantitative estimate of drug-likeness (QED) is 0.854. The van der Waals surface area contributed by atoms with Crippen molar-refractivity contribution in [3.63, 3.8) is 0 Å². The zero-order chi connectivity index (χ0) is 13.5. The summed E-state index contributed by atoms with van der Waals surface area (Å²) in [5, 5.41) is 5.68. The summed E-state index contributed by atoms with van der Waals surface area (Å²) in [6.07, 6.45) is 3.22. The third-order valence-corrected chi connectivity index (χ3v) is 2.50. The van der Waals surface area contributed by atoms with Gasteiger partial charge in [-0.1, -0.05) is 37.3 Å². The standard InChI is InChI=1S/C14H16N4O/c1-2-15-10-13(19)18-12-8-16-14(17-9-12)11-6-4-3-5-7-11/h3-9,15H,2,10H2,1H3,(H,18,19). The summed E-state index contributed by atoms with van der Waals surface area (Å²) >= 11 is 0.